The van der Waals surface area contributed by atoms with Crippen LogP contribution in [-0.4, -0.2) is 5.38 Å². The molecule has 0 radical (unpaired) electrons. The third-order valence-corrected chi connectivity index (χ3v) is 3.60. The first-order valence-electron chi connectivity index (χ1n) is 4.90. The molecule has 1 aromatic carbocycles. The van der Waals surface area contributed by atoms with Gasteiger partial charge in [0.15, 0.2) is 0 Å². The Labute approximate surface area is 99.8 Å². The third-order valence-electron chi connectivity index (χ3n) is 2.45. The van der Waals surface area contributed by atoms with Crippen molar-refractivity contribution in [1.82, 2.24) is 0 Å². The molecule has 0 nitrogen and oxygen atoms in total. The van der Waals surface area contributed by atoms with Crippen LogP contribution in [0.3, 0.4) is 0 Å². The summed E-state index contributed by atoms with van der Waals surface area (Å²) in [4.78, 5) is 0. The predicted octanol–water partition coefficient (Wildman–Crippen LogP) is 4.56. The zero-order chi connectivity index (χ0) is 10.7. The van der Waals surface area contributed by atoms with E-state index in [4.69, 9.17) is 11.6 Å². The van der Waals surface area contributed by atoms with Crippen molar-refractivity contribution in [3.05, 3.63) is 33.8 Å². The molecular weight excluding hydrogens is 259 g/mol. The highest BCUT2D eigenvalue weighted by Gasteiger charge is 2.11. The van der Waals surface area contributed by atoms with Crippen LogP contribution in [0.15, 0.2) is 22.7 Å². The Bertz CT molecular complexity index is 307. The zero-order valence-corrected chi connectivity index (χ0v) is 11.2. The molecule has 0 saturated carbocycles. The minimum absolute atomic E-state index is 0.225. The van der Waals surface area contributed by atoms with Gasteiger partial charge in [-0.2, -0.15) is 0 Å². The number of hydrogen-bond acceptors (Lipinski definition) is 0. The van der Waals surface area contributed by atoms with Gasteiger partial charge >= 0.3 is 0 Å². The van der Waals surface area contributed by atoms with Gasteiger partial charge in [-0.25, -0.2) is 0 Å². The first-order valence-corrected chi connectivity index (χ1v) is 6.12. The van der Waals surface area contributed by atoms with Crippen LogP contribution in [0.2, 0.25) is 0 Å². The molecule has 1 atom stereocenters. The van der Waals surface area contributed by atoms with Crippen LogP contribution in [-0.2, 0) is 6.42 Å². The van der Waals surface area contributed by atoms with Crippen LogP contribution in [0.5, 0.6) is 0 Å². The predicted molar refractivity (Wildman–Crippen MR) is 67.1 cm³/mol. The van der Waals surface area contributed by atoms with Crippen molar-refractivity contribution < 1.29 is 0 Å². The van der Waals surface area contributed by atoms with Crippen LogP contribution in [0.1, 0.15) is 25.0 Å². The normalized spacial score (nSPS) is 13.3. The van der Waals surface area contributed by atoms with E-state index in [2.05, 4.69) is 54.9 Å². The van der Waals surface area contributed by atoms with Crippen LogP contribution in [0.25, 0.3) is 0 Å². The molecule has 0 saturated heterocycles. The lowest BCUT2D eigenvalue weighted by Gasteiger charge is -2.15. The Morgan fingerprint density at radius 3 is 2.57 bits per heavy atom. The van der Waals surface area contributed by atoms with Crippen molar-refractivity contribution in [3.8, 4) is 0 Å². The summed E-state index contributed by atoms with van der Waals surface area (Å²) in [7, 11) is 0. The maximum atomic E-state index is 6.26. The molecular formula is C12H16BrCl. The van der Waals surface area contributed by atoms with E-state index >= 15 is 0 Å². The van der Waals surface area contributed by atoms with E-state index in [1.807, 2.05) is 0 Å². The second-order valence-corrected chi connectivity index (χ2v) is 5.51. The molecule has 0 aliphatic carbocycles. The molecule has 14 heavy (non-hydrogen) atoms. The summed E-state index contributed by atoms with van der Waals surface area (Å²) in [5.74, 6) is 0.523. The van der Waals surface area contributed by atoms with Gasteiger partial charge in [-0.05, 0) is 42.5 Å². The number of halogens is 2. The van der Waals surface area contributed by atoms with E-state index < -0.39 is 0 Å². The maximum absolute atomic E-state index is 6.26. The summed E-state index contributed by atoms with van der Waals surface area (Å²) in [6.07, 6.45) is 0.949. The van der Waals surface area contributed by atoms with Gasteiger partial charge in [-0.15, -0.1) is 11.6 Å². The molecule has 1 unspecified atom stereocenters. The molecule has 0 heterocycles. The monoisotopic (exact) mass is 274 g/mol. The van der Waals surface area contributed by atoms with Gasteiger partial charge in [0.25, 0.3) is 0 Å². The molecule has 2 heteroatoms. The maximum Gasteiger partial charge on any atom is 0.0399 e. The third kappa shape index (κ3) is 3.29. The molecule has 0 N–H and O–H groups in total. The Hall–Kier alpha value is -0.0100. The van der Waals surface area contributed by atoms with Crippen LogP contribution in [0, 0.1) is 12.8 Å². The number of rotatable bonds is 3. The topological polar surface area (TPSA) is 0 Å². The van der Waals surface area contributed by atoms with Crippen molar-refractivity contribution >= 4 is 27.5 Å². The van der Waals surface area contributed by atoms with E-state index in [-0.39, 0.29) is 5.38 Å². The standard InChI is InChI=1S/C12H16BrCl/c1-8(2)12(14)7-10-6-11(13)5-4-9(10)3/h4-6,8,12H,7H2,1-3H3. The fourth-order valence-corrected chi connectivity index (χ4v) is 1.88. The fraction of sp³-hybridized carbons (Fsp3) is 0.500. The smallest absolute Gasteiger partial charge is 0.0399 e. The van der Waals surface area contributed by atoms with Crippen LogP contribution < -0.4 is 0 Å². The largest absolute Gasteiger partial charge is 0.122 e. The SMILES string of the molecule is Cc1ccc(Br)cc1CC(Cl)C(C)C. The minimum Gasteiger partial charge on any atom is -0.122 e. The summed E-state index contributed by atoms with van der Waals surface area (Å²) in [5.41, 5.74) is 2.66. The second-order valence-electron chi connectivity index (χ2n) is 4.03. The van der Waals surface area contributed by atoms with Crippen molar-refractivity contribution in [1.29, 1.82) is 0 Å². The van der Waals surface area contributed by atoms with Crippen molar-refractivity contribution in [3.63, 3.8) is 0 Å². The van der Waals surface area contributed by atoms with E-state index in [1.54, 1.807) is 0 Å². The van der Waals surface area contributed by atoms with E-state index in [0.717, 1.165) is 10.9 Å². The average Bonchev–Trinajstić information content (AvgIpc) is 2.11. The summed E-state index contributed by atoms with van der Waals surface area (Å²) in [5, 5.41) is 0.225. The Morgan fingerprint density at radius 1 is 1.36 bits per heavy atom. The summed E-state index contributed by atoms with van der Waals surface area (Å²) in [6, 6.07) is 6.36. The van der Waals surface area contributed by atoms with E-state index in [1.165, 1.54) is 11.1 Å². The highest BCUT2D eigenvalue weighted by atomic mass is 79.9. The van der Waals surface area contributed by atoms with Gasteiger partial charge in [-0.1, -0.05) is 35.8 Å². The molecule has 0 aliphatic rings. The Balaban J connectivity index is 2.80. The molecule has 0 fully saturated rings. The summed E-state index contributed by atoms with van der Waals surface area (Å²) >= 11 is 9.74. The second kappa shape index (κ2) is 5.18. The molecule has 0 spiro atoms. The fourth-order valence-electron chi connectivity index (χ4n) is 1.31. The van der Waals surface area contributed by atoms with Gasteiger partial charge < -0.3 is 0 Å². The first-order chi connectivity index (χ1) is 6.50. The summed E-state index contributed by atoms with van der Waals surface area (Å²) < 4.78 is 1.13. The minimum atomic E-state index is 0.225. The van der Waals surface area contributed by atoms with Gasteiger partial charge in [0.1, 0.15) is 0 Å². The quantitative estimate of drug-likeness (QED) is 0.709. The number of hydrogen-bond donors (Lipinski definition) is 0. The first kappa shape index (κ1) is 12.1. The summed E-state index contributed by atoms with van der Waals surface area (Å²) in [6.45, 7) is 6.45. The lowest BCUT2D eigenvalue weighted by Crippen LogP contribution is -2.11. The van der Waals surface area contributed by atoms with Crippen molar-refractivity contribution in [2.45, 2.75) is 32.6 Å². The molecule has 78 valence electrons. The van der Waals surface area contributed by atoms with Crippen molar-refractivity contribution in [2.24, 2.45) is 5.92 Å². The molecule has 0 aliphatic heterocycles. The number of aryl methyl sites for hydroxylation is 1. The molecule has 0 amide bonds. The van der Waals surface area contributed by atoms with Gasteiger partial charge in [0.2, 0.25) is 0 Å². The molecule has 1 aromatic rings. The lowest BCUT2D eigenvalue weighted by molar-refractivity contribution is 0.595. The Morgan fingerprint density at radius 2 is 2.00 bits per heavy atom. The molecule has 1 rings (SSSR count). The Kier molecular flexibility index (Phi) is 4.46. The highest BCUT2D eigenvalue weighted by Crippen LogP contribution is 2.21. The average molecular weight is 276 g/mol. The van der Waals surface area contributed by atoms with Crippen molar-refractivity contribution in [2.75, 3.05) is 0 Å². The molecule has 0 aromatic heterocycles. The molecule has 0 bridgehead atoms. The van der Waals surface area contributed by atoms with Gasteiger partial charge in [0.05, 0.1) is 0 Å². The highest BCUT2D eigenvalue weighted by molar-refractivity contribution is 9.10. The number of benzene rings is 1. The van der Waals surface area contributed by atoms with E-state index in [9.17, 15) is 0 Å². The van der Waals surface area contributed by atoms with Crippen LogP contribution >= 0.6 is 27.5 Å². The number of alkyl halides is 1. The zero-order valence-electron chi connectivity index (χ0n) is 8.85. The van der Waals surface area contributed by atoms with Gasteiger partial charge in [0, 0.05) is 9.85 Å². The van der Waals surface area contributed by atoms with E-state index in [0.29, 0.717) is 5.92 Å². The van der Waals surface area contributed by atoms with Gasteiger partial charge in [-0.3, -0.25) is 0 Å². The van der Waals surface area contributed by atoms with Crippen LogP contribution in [0.4, 0.5) is 0 Å². The lowest BCUT2D eigenvalue weighted by atomic mass is 9.99.